The third kappa shape index (κ3) is 3.93. The van der Waals surface area contributed by atoms with Gasteiger partial charge in [-0.15, -0.1) is 0 Å². The minimum Gasteiger partial charge on any atom is -0.268 e. The fraction of sp³-hybridized carbons (Fsp3) is 0.368. The molecule has 0 saturated heterocycles. The van der Waals surface area contributed by atoms with E-state index in [0.29, 0.717) is 0 Å². The van der Waals surface area contributed by atoms with Crippen molar-refractivity contribution in [2.24, 2.45) is 5.84 Å². The van der Waals surface area contributed by atoms with Crippen LogP contribution in [-0.2, 0) is 0 Å². The molecule has 1 atom stereocenters. The smallest absolute Gasteiger partial charge is 0.0677 e. The van der Waals surface area contributed by atoms with E-state index in [0.717, 1.165) is 19.4 Å². The highest BCUT2D eigenvalue weighted by atomic mass is 15.4. The van der Waals surface area contributed by atoms with Crippen molar-refractivity contribution in [3.63, 3.8) is 0 Å². The van der Waals surface area contributed by atoms with Gasteiger partial charge in [0.05, 0.1) is 6.04 Å². The number of nitrogens with two attached hydrogens (primary N) is 1. The Bertz CT molecular complexity index is 552. The molecule has 0 radical (unpaired) electrons. The Morgan fingerprint density at radius 2 is 1.90 bits per heavy atom. The van der Waals surface area contributed by atoms with Crippen LogP contribution in [0, 0.1) is 0 Å². The molecule has 2 heteroatoms. The molecule has 2 N–H and O–H groups in total. The molecule has 2 nitrogen and oxygen atoms in total. The van der Waals surface area contributed by atoms with Crippen LogP contribution in [0.1, 0.15) is 39.2 Å². The topological polar surface area (TPSA) is 29.3 Å². The lowest BCUT2D eigenvalue weighted by Crippen LogP contribution is -2.42. The van der Waals surface area contributed by atoms with Gasteiger partial charge in [-0.05, 0) is 48.6 Å². The van der Waals surface area contributed by atoms with E-state index in [1.165, 1.54) is 22.3 Å². The largest absolute Gasteiger partial charge is 0.268 e. The number of rotatable bonds is 5. The Kier molecular flexibility index (Phi) is 5.54. The number of allylic oxidation sites excluding steroid dienone is 2. The standard InChI is InChI=1S/C19H26N2/c1-4-5-13-21(20)19-12-11-15(2)16(3)18(19)14-17-9-7-6-8-10-17/h6-12,14,19H,4-5,13,20H2,1-3H3. The van der Waals surface area contributed by atoms with E-state index in [1.54, 1.807) is 0 Å². The van der Waals surface area contributed by atoms with Crippen LogP contribution in [0.15, 0.2) is 59.2 Å². The van der Waals surface area contributed by atoms with Gasteiger partial charge in [-0.2, -0.15) is 0 Å². The van der Waals surface area contributed by atoms with Crippen molar-refractivity contribution < 1.29 is 0 Å². The maximum absolute atomic E-state index is 6.30. The Morgan fingerprint density at radius 1 is 1.19 bits per heavy atom. The molecule has 21 heavy (non-hydrogen) atoms. The molecule has 112 valence electrons. The molecule has 1 aromatic rings. The summed E-state index contributed by atoms with van der Waals surface area (Å²) in [4.78, 5) is 0. The van der Waals surface area contributed by atoms with Gasteiger partial charge in [0, 0.05) is 6.54 Å². The molecule has 0 bridgehead atoms. The number of hydrazine groups is 1. The van der Waals surface area contributed by atoms with Gasteiger partial charge in [-0.3, -0.25) is 5.84 Å². The van der Waals surface area contributed by atoms with Crippen LogP contribution in [-0.4, -0.2) is 17.6 Å². The van der Waals surface area contributed by atoms with Crippen molar-refractivity contribution in [1.82, 2.24) is 5.01 Å². The van der Waals surface area contributed by atoms with Crippen LogP contribution >= 0.6 is 0 Å². The van der Waals surface area contributed by atoms with Gasteiger partial charge >= 0.3 is 0 Å². The van der Waals surface area contributed by atoms with Crippen LogP contribution in [0.3, 0.4) is 0 Å². The first-order valence-corrected chi connectivity index (χ1v) is 7.77. The highest BCUT2D eigenvalue weighted by Gasteiger charge is 2.22. The molecule has 2 rings (SSSR count). The molecule has 0 fully saturated rings. The van der Waals surface area contributed by atoms with Gasteiger partial charge in [0.15, 0.2) is 0 Å². The summed E-state index contributed by atoms with van der Waals surface area (Å²) in [6.07, 6.45) is 8.95. The summed E-state index contributed by atoms with van der Waals surface area (Å²) < 4.78 is 0. The number of unbranched alkanes of at least 4 members (excludes halogenated alkanes) is 1. The average molecular weight is 282 g/mol. The Morgan fingerprint density at radius 3 is 2.57 bits per heavy atom. The number of nitrogens with zero attached hydrogens (tertiary/aromatic N) is 1. The van der Waals surface area contributed by atoms with Crippen molar-refractivity contribution >= 4 is 6.08 Å². The molecule has 1 aromatic carbocycles. The number of benzene rings is 1. The van der Waals surface area contributed by atoms with Crippen molar-refractivity contribution in [3.05, 3.63) is 64.8 Å². The Balaban J connectivity index is 2.32. The summed E-state index contributed by atoms with van der Waals surface area (Å²) in [5, 5.41) is 1.96. The zero-order valence-electron chi connectivity index (χ0n) is 13.3. The molecular weight excluding hydrogens is 256 g/mol. The summed E-state index contributed by atoms with van der Waals surface area (Å²) in [6, 6.07) is 10.6. The lowest BCUT2D eigenvalue weighted by Gasteiger charge is -2.31. The van der Waals surface area contributed by atoms with Crippen molar-refractivity contribution in [1.29, 1.82) is 0 Å². The molecular formula is C19H26N2. The van der Waals surface area contributed by atoms with E-state index >= 15 is 0 Å². The minimum atomic E-state index is 0.167. The molecule has 1 aliphatic carbocycles. The van der Waals surface area contributed by atoms with E-state index in [2.05, 4.69) is 63.3 Å². The first-order valence-electron chi connectivity index (χ1n) is 7.77. The van der Waals surface area contributed by atoms with E-state index in [-0.39, 0.29) is 6.04 Å². The molecule has 0 spiro atoms. The van der Waals surface area contributed by atoms with Gasteiger partial charge in [-0.25, -0.2) is 5.01 Å². The predicted octanol–water partition coefficient (Wildman–Crippen LogP) is 4.32. The molecule has 0 amide bonds. The Hall–Kier alpha value is -1.64. The van der Waals surface area contributed by atoms with E-state index in [9.17, 15) is 0 Å². The third-order valence-corrected chi connectivity index (χ3v) is 4.12. The second kappa shape index (κ2) is 7.39. The molecule has 0 saturated carbocycles. The highest BCUT2D eigenvalue weighted by Crippen LogP contribution is 2.29. The summed E-state index contributed by atoms with van der Waals surface area (Å²) in [6.45, 7) is 7.46. The highest BCUT2D eigenvalue weighted by molar-refractivity contribution is 5.63. The fourth-order valence-electron chi connectivity index (χ4n) is 2.61. The normalized spacial score (nSPS) is 20.6. The maximum Gasteiger partial charge on any atom is 0.0677 e. The summed E-state index contributed by atoms with van der Waals surface area (Å²) in [5.74, 6) is 6.30. The average Bonchev–Trinajstić information content (AvgIpc) is 2.50. The van der Waals surface area contributed by atoms with Crippen LogP contribution < -0.4 is 5.84 Å². The SMILES string of the molecule is CCCCN(N)C1C=CC(C)=C(C)C1=Cc1ccccc1. The molecule has 0 aromatic heterocycles. The first-order chi connectivity index (χ1) is 10.1. The minimum absolute atomic E-state index is 0.167. The van der Waals surface area contributed by atoms with Gasteiger partial charge in [-0.1, -0.05) is 55.8 Å². The number of hydrogen-bond acceptors (Lipinski definition) is 2. The molecule has 1 aliphatic rings. The third-order valence-electron chi connectivity index (χ3n) is 4.12. The van der Waals surface area contributed by atoms with Crippen LogP contribution in [0.5, 0.6) is 0 Å². The van der Waals surface area contributed by atoms with E-state index < -0.39 is 0 Å². The summed E-state index contributed by atoms with van der Waals surface area (Å²) in [7, 11) is 0. The van der Waals surface area contributed by atoms with Crippen molar-refractivity contribution in [2.75, 3.05) is 6.54 Å². The lowest BCUT2D eigenvalue weighted by molar-refractivity contribution is 0.256. The zero-order chi connectivity index (χ0) is 15.2. The van der Waals surface area contributed by atoms with Gasteiger partial charge in [0.1, 0.15) is 0 Å². The van der Waals surface area contributed by atoms with E-state index in [4.69, 9.17) is 5.84 Å². The summed E-state index contributed by atoms with van der Waals surface area (Å²) in [5.41, 5.74) is 5.18. The quantitative estimate of drug-likeness (QED) is 0.643. The second-order valence-electron chi connectivity index (χ2n) is 5.71. The van der Waals surface area contributed by atoms with Crippen LogP contribution in [0.25, 0.3) is 6.08 Å². The Labute approximate surface area is 128 Å². The predicted molar refractivity (Wildman–Crippen MR) is 91.5 cm³/mol. The van der Waals surface area contributed by atoms with Crippen molar-refractivity contribution in [3.8, 4) is 0 Å². The molecule has 1 unspecified atom stereocenters. The summed E-state index contributed by atoms with van der Waals surface area (Å²) >= 11 is 0. The van der Waals surface area contributed by atoms with Gasteiger partial charge in [0.25, 0.3) is 0 Å². The second-order valence-corrected chi connectivity index (χ2v) is 5.71. The first kappa shape index (κ1) is 15.7. The van der Waals surface area contributed by atoms with Crippen LogP contribution in [0.4, 0.5) is 0 Å². The zero-order valence-corrected chi connectivity index (χ0v) is 13.3. The monoisotopic (exact) mass is 282 g/mol. The maximum atomic E-state index is 6.30. The fourth-order valence-corrected chi connectivity index (χ4v) is 2.61. The van der Waals surface area contributed by atoms with Crippen molar-refractivity contribution in [2.45, 2.75) is 39.7 Å². The van der Waals surface area contributed by atoms with E-state index in [1.807, 2.05) is 11.1 Å². The lowest BCUT2D eigenvalue weighted by atomic mass is 9.88. The molecule has 0 aliphatic heterocycles. The molecule has 0 heterocycles. The van der Waals surface area contributed by atoms with Gasteiger partial charge in [0.2, 0.25) is 0 Å². The number of hydrogen-bond donors (Lipinski definition) is 1. The van der Waals surface area contributed by atoms with Gasteiger partial charge < -0.3 is 0 Å². The van der Waals surface area contributed by atoms with Crippen LogP contribution in [0.2, 0.25) is 0 Å².